The molecule has 1 fully saturated rings. The Labute approximate surface area is 125 Å². The number of carbonyl (C=O) groups is 1. The van der Waals surface area contributed by atoms with Crippen LogP contribution in [0.5, 0.6) is 5.75 Å². The fourth-order valence-corrected chi connectivity index (χ4v) is 2.86. The standard InChI is InChI=1S/C16H22N2O3/c1-11-14(6-9-20-11)18-16(19)17-7-4-12-2-3-15-13(10-12)5-8-21-15/h2-3,10-11,14H,4-9H2,1H3,(H2,17,18,19)/t11-,14+/m0/s1. The van der Waals surface area contributed by atoms with Gasteiger partial charge in [0.2, 0.25) is 0 Å². The highest BCUT2D eigenvalue weighted by Crippen LogP contribution is 2.25. The van der Waals surface area contributed by atoms with Crippen molar-refractivity contribution in [1.82, 2.24) is 10.6 Å². The third kappa shape index (κ3) is 3.47. The molecule has 0 radical (unpaired) electrons. The van der Waals surface area contributed by atoms with Crippen LogP contribution >= 0.6 is 0 Å². The van der Waals surface area contributed by atoms with Gasteiger partial charge in [0.15, 0.2) is 0 Å². The van der Waals surface area contributed by atoms with Crippen molar-refractivity contribution in [3.63, 3.8) is 0 Å². The second kappa shape index (κ2) is 6.35. The van der Waals surface area contributed by atoms with Crippen molar-refractivity contribution in [3.05, 3.63) is 29.3 Å². The molecule has 2 amide bonds. The highest BCUT2D eigenvalue weighted by atomic mass is 16.5. The molecular weight excluding hydrogens is 268 g/mol. The molecule has 0 aliphatic carbocycles. The number of nitrogens with one attached hydrogen (secondary N) is 2. The lowest BCUT2D eigenvalue weighted by Crippen LogP contribution is -2.45. The molecule has 2 N–H and O–H groups in total. The van der Waals surface area contributed by atoms with Gasteiger partial charge in [-0.2, -0.15) is 0 Å². The van der Waals surface area contributed by atoms with Gasteiger partial charge in [-0.3, -0.25) is 0 Å². The van der Waals surface area contributed by atoms with E-state index < -0.39 is 0 Å². The van der Waals surface area contributed by atoms with E-state index in [2.05, 4.69) is 22.8 Å². The second-order valence-corrected chi connectivity index (χ2v) is 5.66. The van der Waals surface area contributed by atoms with Gasteiger partial charge in [-0.15, -0.1) is 0 Å². The van der Waals surface area contributed by atoms with Crippen molar-refractivity contribution >= 4 is 6.03 Å². The van der Waals surface area contributed by atoms with Crippen LogP contribution in [0, 0.1) is 0 Å². The lowest BCUT2D eigenvalue weighted by atomic mass is 10.1. The molecule has 0 spiro atoms. The van der Waals surface area contributed by atoms with Crippen molar-refractivity contribution in [2.24, 2.45) is 0 Å². The van der Waals surface area contributed by atoms with Gasteiger partial charge in [-0.25, -0.2) is 4.79 Å². The summed E-state index contributed by atoms with van der Waals surface area (Å²) in [5.74, 6) is 1.000. The summed E-state index contributed by atoms with van der Waals surface area (Å²) in [5, 5.41) is 5.87. The fourth-order valence-electron chi connectivity index (χ4n) is 2.86. The Bertz CT molecular complexity index is 518. The maximum absolute atomic E-state index is 11.8. The van der Waals surface area contributed by atoms with E-state index in [-0.39, 0.29) is 18.2 Å². The summed E-state index contributed by atoms with van der Waals surface area (Å²) in [6.07, 6.45) is 2.81. The summed E-state index contributed by atoms with van der Waals surface area (Å²) in [6, 6.07) is 6.28. The van der Waals surface area contributed by atoms with Crippen molar-refractivity contribution in [2.45, 2.75) is 38.3 Å². The summed E-state index contributed by atoms with van der Waals surface area (Å²) in [7, 11) is 0. The first-order valence-corrected chi connectivity index (χ1v) is 7.63. The van der Waals surface area contributed by atoms with Gasteiger partial charge in [0, 0.05) is 19.6 Å². The van der Waals surface area contributed by atoms with Gasteiger partial charge in [-0.05, 0) is 37.0 Å². The van der Waals surface area contributed by atoms with Crippen molar-refractivity contribution in [3.8, 4) is 5.75 Å². The zero-order valence-corrected chi connectivity index (χ0v) is 12.4. The molecule has 1 aromatic carbocycles. The van der Waals surface area contributed by atoms with Crippen molar-refractivity contribution in [1.29, 1.82) is 0 Å². The number of amides is 2. The molecule has 1 saturated heterocycles. The predicted molar refractivity (Wildman–Crippen MR) is 79.7 cm³/mol. The van der Waals surface area contributed by atoms with Crippen LogP contribution in [0.25, 0.3) is 0 Å². The van der Waals surface area contributed by atoms with E-state index in [0.29, 0.717) is 6.54 Å². The molecule has 3 rings (SSSR count). The number of urea groups is 1. The molecule has 2 atom stereocenters. The first-order valence-electron chi connectivity index (χ1n) is 7.63. The minimum Gasteiger partial charge on any atom is -0.493 e. The molecule has 0 aromatic heterocycles. The first kappa shape index (κ1) is 14.2. The molecule has 0 bridgehead atoms. The van der Waals surface area contributed by atoms with Gasteiger partial charge in [0.05, 0.1) is 18.8 Å². The van der Waals surface area contributed by atoms with Gasteiger partial charge in [0.25, 0.3) is 0 Å². The largest absolute Gasteiger partial charge is 0.493 e. The van der Waals surface area contributed by atoms with Crippen molar-refractivity contribution in [2.75, 3.05) is 19.8 Å². The quantitative estimate of drug-likeness (QED) is 0.886. The molecule has 2 aliphatic heterocycles. The summed E-state index contributed by atoms with van der Waals surface area (Å²) in [6.45, 7) is 4.13. The summed E-state index contributed by atoms with van der Waals surface area (Å²) in [4.78, 5) is 11.8. The van der Waals surface area contributed by atoms with Crippen LogP contribution in [0.15, 0.2) is 18.2 Å². The predicted octanol–water partition coefficient (Wildman–Crippen LogP) is 1.64. The number of hydrogen-bond acceptors (Lipinski definition) is 3. The highest BCUT2D eigenvalue weighted by molar-refractivity contribution is 5.74. The molecule has 0 unspecified atom stereocenters. The van der Waals surface area contributed by atoms with Gasteiger partial charge < -0.3 is 20.1 Å². The molecule has 2 heterocycles. The normalized spacial score (nSPS) is 23.5. The number of rotatable bonds is 4. The minimum absolute atomic E-state index is 0.104. The SMILES string of the molecule is C[C@@H]1OCC[C@H]1NC(=O)NCCc1ccc2c(c1)CCO2. The lowest BCUT2D eigenvalue weighted by Gasteiger charge is -2.16. The number of fused-ring (bicyclic) bond motifs is 1. The van der Waals surface area contributed by atoms with Crippen LogP contribution in [0.3, 0.4) is 0 Å². The topological polar surface area (TPSA) is 59.6 Å². The van der Waals surface area contributed by atoms with E-state index in [0.717, 1.165) is 38.2 Å². The van der Waals surface area contributed by atoms with Crippen LogP contribution < -0.4 is 15.4 Å². The van der Waals surface area contributed by atoms with Crippen LogP contribution in [0.1, 0.15) is 24.5 Å². The maximum atomic E-state index is 11.8. The third-order valence-electron chi connectivity index (χ3n) is 4.15. The lowest BCUT2D eigenvalue weighted by molar-refractivity contribution is 0.114. The van der Waals surface area contributed by atoms with Gasteiger partial charge in [0.1, 0.15) is 5.75 Å². The fraction of sp³-hybridized carbons (Fsp3) is 0.562. The number of benzene rings is 1. The number of ether oxygens (including phenoxy) is 2. The average molecular weight is 290 g/mol. The molecule has 5 nitrogen and oxygen atoms in total. The first-order chi connectivity index (χ1) is 10.2. The van der Waals surface area contributed by atoms with E-state index in [9.17, 15) is 4.79 Å². The third-order valence-corrected chi connectivity index (χ3v) is 4.15. The zero-order chi connectivity index (χ0) is 14.7. The molecular formula is C16H22N2O3. The Balaban J connectivity index is 1.42. The Kier molecular flexibility index (Phi) is 4.29. The Morgan fingerprint density at radius 1 is 1.38 bits per heavy atom. The van der Waals surface area contributed by atoms with Crippen LogP contribution in [-0.4, -0.2) is 37.9 Å². The van der Waals surface area contributed by atoms with E-state index in [4.69, 9.17) is 9.47 Å². The summed E-state index contributed by atoms with van der Waals surface area (Å²) >= 11 is 0. The Morgan fingerprint density at radius 3 is 3.10 bits per heavy atom. The van der Waals surface area contributed by atoms with E-state index in [1.807, 2.05) is 13.0 Å². The number of carbonyl (C=O) groups excluding carboxylic acids is 1. The maximum Gasteiger partial charge on any atom is 0.315 e. The Hall–Kier alpha value is -1.75. The summed E-state index contributed by atoms with van der Waals surface area (Å²) < 4.78 is 10.9. The van der Waals surface area contributed by atoms with Crippen LogP contribution in [0.4, 0.5) is 4.79 Å². The highest BCUT2D eigenvalue weighted by Gasteiger charge is 2.25. The van der Waals surface area contributed by atoms with E-state index >= 15 is 0 Å². The zero-order valence-electron chi connectivity index (χ0n) is 12.4. The van der Waals surface area contributed by atoms with Crippen LogP contribution in [0.2, 0.25) is 0 Å². The Morgan fingerprint density at radius 2 is 2.29 bits per heavy atom. The van der Waals surface area contributed by atoms with Crippen molar-refractivity contribution < 1.29 is 14.3 Å². The monoisotopic (exact) mass is 290 g/mol. The molecule has 1 aromatic rings. The minimum atomic E-state index is -0.109. The molecule has 114 valence electrons. The molecule has 0 saturated carbocycles. The average Bonchev–Trinajstić information content (AvgIpc) is 3.08. The van der Waals surface area contributed by atoms with Gasteiger partial charge >= 0.3 is 6.03 Å². The van der Waals surface area contributed by atoms with E-state index in [1.54, 1.807) is 0 Å². The summed E-state index contributed by atoms with van der Waals surface area (Å²) in [5.41, 5.74) is 2.51. The van der Waals surface area contributed by atoms with Gasteiger partial charge in [-0.1, -0.05) is 12.1 Å². The molecule has 21 heavy (non-hydrogen) atoms. The number of hydrogen-bond donors (Lipinski definition) is 2. The smallest absolute Gasteiger partial charge is 0.315 e. The van der Waals surface area contributed by atoms with E-state index in [1.165, 1.54) is 11.1 Å². The molecule has 5 heteroatoms. The second-order valence-electron chi connectivity index (χ2n) is 5.66. The molecule has 2 aliphatic rings. The van der Waals surface area contributed by atoms with Crippen LogP contribution in [-0.2, 0) is 17.6 Å².